The summed E-state index contributed by atoms with van der Waals surface area (Å²) < 4.78 is 5.51. The van der Waals surface area contributed by atoms with Gasteiger partial charge < -0.3 is 20.3 Å². The molecule has 2 fully saturated rings. The number of benzene rings is 1. The van der Waals surface area contributed by atoms with Crippen molar-refractivity contribution in [1.29, 1.82) is 0 Å². The van der Waals surface area contributed by atoms with Crippen LogP contribution < -0.4 is 5.73 Å². The number of carbonyl (C=O) groups is 2. The van der Waals surface area contributed by atoms with Crippen LogP contribution in [0.2, 0.25) is 0 Å². The monoisotopic (exact) mass is 416 g/mol. The van der Waals surface area contributed by atoms with Crippen LogP contribution in [-0.4, -0.2) is 71.4 Å². The van der Waals surface area contributed by atoms with Crippen molar-refractivity contribution in [3.05, 3.63) is 35.4 Å². The minimum absolute atomic E-state index is 0.00167. The topological polar surface area (TPSA) is 88.2 Å². The number of amidine groups is 1. The smallest absolute Gasteiger partial charge is 0.253 e. The summed E-state index contributed by atoms with van der Waals surface area (Å²) in [5.41, 5.74) is 7.23. The number of rotatable bonds is 3. The number of nitrogens with two attached hydrogens (primary N) is 1. The molecule has 0 bridgehead atoms. The highest BCUT2D eigenvalue weighted by atomic mass is 32.2. The van der Waals surface area contributed by atoms with E-state index >= 15 is 0 Å². The van der Waals surface area contributed by atoms with Gasteiger partial charge in [0.15, 0.2) is 5.17 Å². The first-order chi connectivity index (χ1) is 14.0. The van der Waals surface area contributed by atoms with E-state index in [1.54, 1.807) is 11.8 Å². The molecule has 29 heavy (non-hydrogen) atoms. The largest absolute Gasteiger partial charge is 0.379 e. The van der Waals surface area contributed by atoms with Crippen molar-refractivity contribution in [2.24, 2.45) is 10.7 Å². The van der Waals surface area contributed by atoms with Crippen LogP contribution in [0.4, 0.5) is 0 Å². The van der Waals surface area contributed by atoms with E-state index in [2.05, 4.69) is 11.9 Å². The van der Waals surface area contributed by atoms with Gasteiger partial charge in [0.05, 0.1) is 5.54 Å². The summed E-state index contributed by atoms with van der Waals surface area (Å²) >= 11 is 1.57. The molecule has 2 N–H and O–H groups in total. The molecule has 2 amide bonds. The van der Waals surface area contributed by atoms with Crippen LogP contribution in [0.5, 0.6) is 0 Å². The van der Waals surface area contributed by atoms with Gasteiger partial charge in [0, 0.05) is 44.1 Å². The fraction of sp³-hybridized carbons (Fsp3) is 0.571. The number of hydrogen-bond acceptors (Lipinski definition) is 6. The number of thioether (sulfide) groups is 1. The Labute approximate surface area is 175 Å². The Morgan fingerprint density at radius 3 is 2.69 bits per heavy atom. The second kappa shape index (κ2) is 8.36. The minimum Gasteiger partial charge on any atom is -0.379 e. The number of ether oxygens (including phenoxy) is 1. The Morgan fingerprint density at radius 2 is 2.00 bits per heavy atom. The van der Waals surface area contributed by atoms with E-state index in [1.165, 1.54) is 0 Å². The van der Waals surface area contributed by atoms with Crippen LogP contribution in [0.15, 0.2) is 29.3 Å². The van der Waals surface area contributed by atoms with Crippen LogP contribution in [-0.2, 0) is 15.1 Å². The van der Waals surface area contributed by atoms with Crippen LogP contribution >= 0.6 is 11.8 Å². The second-order valence-corrected chi connectivity index (χ2v) is 9.14. The number of piperazine rings is 1. The molecule has 0 aliphatic carbocycles. The highest BCUT2D eigenvalue weighted by Crippen LogP contribution is 2.35. The highest BCUT2D eigenvalue weighted by molar-refractivity contribution is 8.13. The SMILES string of the molecule is CC1(c2cccc(C(=O)N3CCN(C(=O)C4CCCO4)CC3)c2)CCSC(N)=N1. The van der Waals surface area contributed by atoms with Crippen molar-refractivity contribution >= 4 is 28.7 Å². The summed E-state index contributed by atoms with van der Waals surface area (Å²) in [6, 6.07) is 7.73. The van der Waals surface area contributed by atoms with Crippen LogP contribution in [0.3, 0.4) is 0 Å². The zero-order valence-corrected chi connectivity index (χ0v) is 17.6. The van der Waals surface area contributed by atoms with Gasteiger partial charge in [-0.05, 0) is 43.9 Å². The van der Waals surface area contributed by atoms with E-state index < -0.39 is 5.54 Å². The molecule has 2 saturated heterocycles. The van der Waals surface area contributed by atoms with Crippen molar-refractivity contribution in [2.75, 3.05) is 38.5 Å². The van der Waals surface area contributed by atoms with Gasteiger partial charge in [0.1, 0.15) is 6.10 Å². The number of hydrogen-bond donors (Lipinski definition) is 1. The third-order valence-corrected chi connectivity index (χ3v) is 6.81. The minimum atomic E-state index is -0.391. The Hall–Kier alpha value is -2.06. The molecular weight excluding hydrogens is 388 g/mol. The normalized spacial score (nSPS) is 27.6. The molecule has 4 rings (SSSR count). The summed E-state index contributed by atoms with van der Waals surface area (Å²) in [5, 5.41) is 0.600. The zero-order chi connectivity index (χ0) is 20.4. The molecule has 0 spiro atoms. The molecule has 2 atom stereocenters. The van der Waals surface area contributed by atoms with Gasteiger partial charge >= 0.3 is 0 Å². The van der Waals surface area contributed by atoms with Crippen LogP contribution in [0.1, 0.15) is 42.1 Å². The summed E-state index contributed by atoms with van der Waals surface area (Å²) in [7, 11) is 0. The van der Waals surface area contributed by atoms with Gasteiger partial charge in [-0.2, -0.15) is 0 Å². The number of aliphatic imine (C=N–C) groups is 1. The van der Waals surface area contributed by atoms with Crippen molar-refractivity contribution in [1.82, 2.24) is 9.80 Å². The average molecular weight is 417 g/mol. The lowest BCUT2D eigenvalue weighted by Gasteiger charge is -2.36. The maximum absolute atomic E-state index is 13.1. The van der Waals surface area contributed by atoms with E-state index in [0.29, 0.717) is 43.5 Å². The molecule has 156 valence electrons. The average Bonchev–Trinajstić information content (AvgIpc) is 3.28. The van der Waals surface area contributed by atoms with Gasteiger partial charge in [-0.1, -0.05) is 23.9 Å². The zero-order valence-electron chi connectivity index (χ0n) is 16.8. The molecule has 3 aliphatic rings. The fourth-order valence-electron chi connectivity index (χ4n) is 4.17. The number of nitrogens with zero attached hydrogens (tertiary/aromatic N) is 3. The Balaban J connectivity index is 1.42. The third-order valence-electron chi connectivity index (χ3n) is 6.01. The molecule has 0 aromatic heterocycles. The van der Waals surface area contributed by atoms with Gasteiger partial charge in [0.2, 0.25) is 0 Å². The first-order valence-corrected chi connectivity index (χ1v) is 11.2. The summed E-state index contributed by atoms with van der Waals surface area (Å²) in [6.07, 6.45) is 2.34. The predicted molar refractivity (Wildman–Crippen MR) is 114 cm³/mol. The lowest BCUT2D eigenvalue weighted by atomic mass is 9.88. The molecule has 0 radical (unpaired) electrons. The Bertz CT molecular complexity index is 816. The van der Waals surface area contributed by atoms with Crippen LogP contribution in [0, 0.1) is 0 Å². The highest BCUT2D eigenvalue weighted by Gasteiger charge is 2.33. The summed E-state index contributed by atoms with van der Waals surface area (Å²) in [5.74, 6) is 0.988. The van der Waals surface area contributed by atoms with Gasteiger partial charge in [-0.25, -0.2) is 0 Å². The third kappa shape index (κ3) is 4.28. The molecule has 1 aromatic rings. The van der Waals surface area contributed by atoms with E-state index in [1.807, 2.05) is 34.1 Å². The molecule has 8 heteroatoms. The number of carbonyl (C=O) groups excluding carboxylic acids is 2. The predicted octanol–water partition coefficient (Wildman–Crippen LogP) is 1.82. The van der Waals surface area contributed by atoms with E-state index in [-0.39, 0.29) is 17.9 Å². The molecule has 7 nitrogen and oxygen atoms in total. The van der Waals surface area contributed by atoms with E-state index in [0.717, 1.165) is 30.6 Å². The fourth-order valence-corrected chi connectivity index (χ4v) is 5.15. The number of amides is 2. The van der Waals surface area contributed by atoms with E-state index in [9.17, 15) is 9.59 Å². The molecule has 3 aliphatic heterocycles. The Morgan fingerprint density at radius 1 is 1.24 bits per heavy atom. The maximum atomic E-state index is 13.1. The first kappa shape index (κ1) is 20.2. The molecule has 1 aromatic carbocycles. The first-order valence-electron chi connectivity index (χ1n) is 10.2. The van der Waals surface area contributed by atoms with Crippen molar-refractivity contribution in [3.8, 4) is 0 Å². The van der Waals surface area contributed by atoms with Gasteiger partial charge in [0.25, 0.3) is 11.8 Å². The summed E-state index contributed by atoms with van der Waals surface area (Å²) in [6.45, 7) is 4.93. The van der Waals surface area contributed by atoms with Gasteiger partial charge in [-0.15, -0.1) is 0 Å². The van der Waals surface area contributed by atoms with Crippen molar-refractivity contribution < 1.29 is 14.3 Å². The molecule has 0 saturated carbocycles. The van der Waals surface area contributed by atoms with Crippen molar-refractivity contribution in [2.45, 2.75) is 37.8 Å². The molecular formula is C21H28N4O3S. The standard InChI is InChI=1S/C21H28N4O3S/c1-21(7-13-29-20(22)23-21)16-5-2-4-15(14-16)18(26)24-8-10-25(11-9-24)19(27)17-6-3-12-28-17/h2,4-5,14,17H,3,6-13H2,1H3,(H2,22,23). The summed E-state index contributed by atoms with van der Waals surface area (Å²) in [4.78, 5) is 33.9. The van der Waals surface area contributed by atoms with Crippen molar-refractivity contribution in [3.63, 3.8) is 0 Å². The van der Waals surface area contributed by atoms with Gasteiger partial charge in [-0.3, -0.25) is 14.6 Å². The molecule has 3 heterocycles. The lowest BCUT2D eigenvalue weighted by molar-refractivity contribution is -0.142. The quantitative estimate of drug-likeness (QED) is 0.812. The second-order valence-electron chi connectivity index (χ2n) is 8.02. The Kier molecular flexibility index (Phi) is 5.83. The molecule has 2 unspecified atom stereocenters. The lowest BCUT2D eigenvalue weighted by Crippen LogP contribution is -2.52. The van der Waals surface area contributed by atoms with E-state index in [4.69, 9.17) is 10.5 Å². The maximum Gasteiger partial charge on any atom is 0.253 e. The van der Waals surface area contributed by atoms with Crippen LogP contribution in [0.25, 0.3) is 0 Å².